The van der Waals surface area contributed by atoms with Crippen molar-refractivity contribution in [2.24, 2.45) is 11.7 Å². The normalized spacial score (nSPS) is 21.9. The molecule has 0 aromatic heterocycles. The van der Waals surface area contributed by atoms with Gasteiger partial charge in [0.15, 0.2) is 0 Å². The molecule has 1 heterocycles. The topological polar surface area (TPSA) is 35.2 Å². The number of hydrogen-bond acceptors (Lipinski definition) is 2. The van der Waals surface area contributed by atoms with E-state index in [0.29, 0.717) is 5.92 Å². The lowest BCUT2D eigenvalue weighted by molar-refractivity contribution is 0.0449. The van der Waals surface area contributed by atoms with Gasteiger partial charge in [0.05, 0.1) is 6.61 Å². The smallest absolute Gasteiger partial charge is 0.0509 e. The van der Waals surface area contributed by atoms with Crippen molar-refractivity contribution in [1.82, 2.24) is 0 Å². The average Bonchev–Trinajstić information content (AvgIpc) is 2.34. The van der Waals surface area contributed by atoms with Crippen LogP contribution in [0.5, 0.6) is 0 Å². The molecule has 1 aliphatic heterocycles. The molecule has 2 rings (SSSR count). The van der Waals surface area contributed by atoms with Crippen LogP contribution in [-0.2, 0) is 11.2 Å². The lowest BCUT2D eigenvalue weighted by Gasteiger charge is -2.28. The van der Waals surface area contributed by atoms with Gasteiger partial charge in [-0.2, -0.15) is 0 Å². The second kappa shape index (κ2) is 5.85. The molecule has 0 radical (unpaired) electrons. The Balaban J connectivity index is 2.08. The van der Waals surface area contributed by atoms with Gasteiger partial charge in [-0.15, -0.1) is 0 Å². The zero-order chi connectivity index (χ0) is 13.1. The van der Waals surface area contributed by atoms with Crippen LogP contribution in [0.2, 0.25) is 0 Å². The first kappa shape index (κ1) is 13.6. The fraction of sp³-hybridized carbons (Fsp3) is 0.625. The minimum absolute atomic E-state index is 0.227. The summed E-state index contributed by atoms with van der Waals surface area (Å²) in [5.41, 5.74) is 11.9. The molecular formula is C16H25NO. The third-order valence-electron chi connectivity index (χ3n) is 4.08. The predicted octanol–water partition coefficient (Wildman–Crippen LogP) is 2.91. The van der Waals surface area contributed by atoms with Crippen LogP contribution >= 0.6 is 0 Å². The van der Waals surface area contributed by atoms with Crippen molar-refractivity contribution in [3.63, 3.8) is 0 Å². The highest BCUT2D eigenvalue weighted by molar-refractivity contribution is 5.38. The standard InChI is InChI=1S/C16H25NO/c1-11-7-12(2)15(13(3)8-11)9-16(17)14-5-4-6-18-10-14/h7-8,14,16H,4-6,9-10,17H2,1-3H3. The van der Waals surface area contributed by atoms with Gasteiger partial charge in [0.1, 0.15) is 0 Å². The Hall–Kier alpha value is -0.860. The number of nitrogens with two attached hydrogens (primary N) is 1. The molecule has 2 unspecified atom stereocenters. The number of aryl methyl sites for hydroxylation is 3. The molecule has 100 valence electrons. The second-order valence-electron chi connectivity index (χ2n) is 5.72. The van der Waals surface area contributed by atoms with Gasteiger partial charge in [-0.1, -0.05) is 17.7 Å². The van der Waals surface area contributed by atoms with Crippen LogP contribution in [0.4, 0.5) is 0 Å². The van der Waals surface area contributed by atoms with E-state index in [-0.39, 0.29) is 6.04 Å². The summed E-state index contributed by atoms with van der Waals surface area (Å²) in [6.45, 7) is 8.29. The molecule has 1 saturated heterocycles. The molecule has 1 aromatic rings. The average molecular weight is 247 g/mol. The molecule has 0 aliphatic carbocycles. The maximum absolute atomic E-state index is 6.38. The van der Waals surface area contributed by atoms with Gasteiger partial charge in [-0.3, -0.25) is 0 Å². The summed E-state index contributed by atoms with van der Waals surface area (Å²) in [4.78, 5) is 0. The summed E-state index contributed by atoms with van der Waals surface area (Å²) in [7, 11) is 0. The summed E-state index contributed by atoms with van der Waals surface area (Å²) in [5.74, 6) is 0.527. The van der Waals surface area contributed by atoms with Gasteiger partial charge in [-0.05, 0) is 62.6 Å². The maximum Gasteiger partial charge on any atom is 0.0509 e. The van der Waals surface area contributed by atoms with Crippen molar-refractivity contribution >= 4 is 0 Å². The minimum Gasteiger partial charge on any atom is -0.381 e. The van der Waals surface area contributed by atoms with E-state index < -0.39 is 0 Å². The highest BCUT2D eigenvalue weighted by Gasteiger charge is 2.22. The zero-order valence-corrected chi connectivity index (χ0v) is 11.8. The third-order valence-corrected chi connectivity index (χ3v) is 4.08. The Bertz CT molecular complexity index is 385. The molecule has 18 heavy (non-hydrogen) atoms. The van der Waals surface area contributed by atoms with Gasteiger partial charge in [0.2, 0.25) is 0 Å². The van der Waals surface area contributed by atoms with E-state index >= 15 is 0 Å². The van der Waals surface area contributed by atoms with Crippen molar-refractivity contribution in [2.45, 2.75) is 46.1 Å². The van der Waals surface area contributed by atoms with Gasteiger partial charge < -0.3 is 10.5 Å². The van der Waals surface area contributed by atoms with Crippen molar-refractivity contribution in [2.75, 3.05) is 13.2 Å². The second-order valence-corrected chi connectivity index (χ2v) is 5.72. The van der Waals surface area contributed by atoms with Crippen molar-refractivity contribution in [3.8, 4) is 0 Å². The predicted molar refractivity (Wildman–Crippen MR) is 75.9 cm³/mol. The Morgan fingerprint density at radius 3 is 2.50 bits per heavy atom. The third kappa shape index (κ3) is 3.12. The Kier molecular flexibility index (Phi) is 4.41. The summed E-state index contributed by atoms with van der Waals surface area (Å²) < 4.78 is 5.54. The van der Waals surface area contributed by atoms with Crippen LogP contribution in [0.25, 0.3) is 0 Å². The highest BCUT2D eigenvalue weighted by atomic mass is 16.5. The summed E-state index contributed by atoms with van der Waals surface area (Å²) in [6, 6.07) is 4.74. The van der Waals surface area contributed by atoms with Gasteiger partial charge in [0.25, 0.3) is 0 Å². The van der Waals surface area contributed by atoms with Crippen LogP contribution in [0.15, 0.2) is 12.1 Å². The van der Waals surface area contributed by atoms with Gasteiger partial charge >= 0.3 is 0 Å². The molecule has 1 fully saturated rings. The van der Waals surface area contributed by atoms with Crippen molar-refractivity contribution in [3.05, 3.63) is 34.4 Å². The van der Waals surface area contributed by atoms with E-state index in [1.165, 1.54) is 28.7 Å². The fourth-order valence-corrected chi connectivity index (χ4v) is 3.04. The van der Waals surface area contributed by atoms with Gasteiger partial charge in [-0.25, -0.2) is 0 Å². The Labute approximate surface area is 111 Å². The quantitative estimate of drug-likeness (QED) is 0.891. The summed E-state index contributed by atoms with van der Waals surface area (Å²) >= 11 is 0. The summed E-state index contributed by atoms with van der Waals surface area (Å²) in [5, 5.41) is 0. The largest absolute Gasteiger partial charge is 0.381 e. The molecule has 2 atom stereocenters. The number of hydrogen-bond donors (Lipinski definition) is 1. The molecular weight excluding hydrogens is 222 g/mol. The molecule has 2 heteroatoms. The number of rotatable bonds is 3. The molecule has 1 aliphatic rings. The van der Waals surface area contributed by atoms with Crippen LogP contribution in [0, 0.1) is 26.7 Å². The molecule has 0 bridgehead atoms. The van der Waals surface area contributed by atoms with Gasteiger partial charge in [0, 0.05) is 12.6 Å². The van der Waals surface area contributed by atoms with E-state index in [1.807, 2.05) is 0 Å². The Morgan fingerprint density at radius 2 is 1.94 bits per heavy atom. The van der Waals surface area contributed by atoms with Crippen LogP contribution in [0.1, 0.15) is 35.1 Å². The molecule has 2 nitrogen and oxygen atoms in total. The number of benzene rings is 1. The molecule has 2 N–H and O–H groups in total. The van der Waals surface area contributed by atoms with E-state index in [0.717, 1.165) is 26.1 Å². The van der Waals surface area contributed by atoms with E-state index in [1.54, 1.807) is 0 Å². The molecule has 0 spiro atoms. The molecule has 1 aromatic carbocycles. The zero-order valence-electron chi connectivity index (χ0n) is 11.8. The first-order chi connectivity index (χ1) is 8.58. The Morgan fingerprint density at radius 1 is 1.28 bits per heavy atom. The highest BCUT2D eigenvalue weighted by Crippen LogP contribution is 2.23. The van der Waals surface area contributed by atoms with E-state index in [9.17, 15) is 0 Å². The lowest BCUT2D eigenvalue weighted by atomic mass is 9.87. The SMILES string of the molecule is Cc1cc(C)c(CC(N)C2CCCOC2)c(C)c1. The minimum atomic E-state index is 0.227. The van der Waals surface area contributed by atoms with Crippen LogP contribution in [0.3, 0.4) is 0 Å². The number of ether oxygens (including phenoxy) is 1. The maximum atomic E-state index is 6.38. The first-order valence-corrected chi connectivity index (χ1v) is 6.98. The first-order valence-electron chi connectivity index (χ1n) is 6.98. The van der Waals surface area contributed by atoms with Crippen LogP contribution in [-0.4, -0.2) is 19.3 Å². The molecule has 0 saturated carbocycles. The van der Waals surface area contributed by atoms with Crippen molar-refractivity contribution in [1.29, 1.82) is 0 Å². The van der Waals surface area contributed by atoms with E-state index in [4.69, 9.17) is 10.5 Å². The summed E-state index contributed by atoms with van der Waals surface area (Å²) in [6.07, 6.45) is 3.35. The van der Waals surface area contributed by atoms with Crippen molar-refractivity contribution < 1.29 is 4.74 Å². The van der Waals surface area contributed by atoms with E-state index in [2.05, 4.69) is 32.9 Å². The van der Waals surface area contributed by atoms with Crippen LogP contribution < -0.4 is 5.73 Å². The fourth-order valence-electron chi connectivity index (χ4n) is 3.04. The monoisotopic (exact) mass is 247 g/mol. The molecule has 0 amide bonds. The lowest BCUT2D eigenvalue weighted by Crippen LogP contribution is -2.37.